The zero-order valence-electron chi connectivity index (χ0n) is 8.75. The molecule has 0 aromatic rings. The van der Waals surface area contributed by atoms with Gasteiger partial charge in [0.2, 0.25) is 0 Å². The molecule has 0 saturated heterocycles. The van der Waals surface area contributed by atoms with E-state index in [2.05, 4.69) is 0 Å². The number of hydrogen-bond donors (Lipinski definition) is 4. The second kappa shape index (κ2) is 6.52. The van der Waals surface area contributed by atoms with Crippen LogP contribution in [0.3, 0.4) is 0 Å². The fraction of sp³-hybridized carbons (Fsp3) is 0.500. The zero-order chi connectivity index (χ0) is 13.6. The van der Waals surface area contributed by atoms with Gasteiger partial charge in [0.15, 0.2) is 0 Å². The van der Waals surface area contributed by atoms with Crippen molar-refractivity contribution in [3.8, 4) is 0 Å². The van der Waals surface area contributed by atoms with Gasteiger partial charge in [-0.1, -0.05) is 0 Å². The molecule has 0 spiro atoms. The van der Waals surface area contributed by atoms with E-state index >= 15 is 0 Å². The third-order valence-corrected chi connectivity index (χ3v) is 18.5. The van der Waals surface area contributed by atoms with Crippen LogP contribution >= 0.6 is 0 Å². The summed E-state index contributed by atoms with van der Waals surface area (Å²) in [5.41, 5.74) is 0. The molecule has 17 heavy (non-hydrogen) atoms. The Labute approximate surface area is 101 Å². The van der Waals surface area contributed by atoms with E-state index in [1.54, 1.807) is 0 Å². The SMILES string of the molecule is O=C(O)[CH2][Pb]([CH2]C(=O)O)([CH2]C(=O)O)[CH2]C(=O)O. The predicted molar refractivity (Wildman–Crippen MR) is 55.5 cm³/mol. The van der Waals surface area contributed by atoms with Crippen LogP contribution in [0, 0.1) is 0 Å². The summed E-state index contributed by atoms with van der Waals surface area (Å²) in [6.07, 6.45) is 0. The molecule has 0 unspecified atom stereocenters. The first kappa shape index (κ1) is 15.8. The second-order valence-electron chi connectivity index (χ2n) is 3.78. The van der Waals surface area contributed by atoms with E-state index in [4.69, 9.17) is 20.4 Å². The van der Waals surface area contributed by atoms with Crippen molar-refractivity contribution in [1.29, 1.82) is 0 Å². The van der Waals surface area contributed by atoms with Gasteiger partial charge in [-0.2, -0.15) is 0 Å². The van der Waals surface area contributed by atoms with E-state index < -0.39 is 61.0 Å². The predicted octanol–water partition coefficient (Wildman–Crippen LogP) is -0.226. The fourth-order valence-corrected chi connectivity index (χ4v) is 14.6. The number of carbonyl (C=O) groups is 4. The Bertz CT molecular complexity index is 280. The van der Waals surface area contributed by atoms with Crippen molar-refractivity contribution >= 4 is 45.0 Å². The van der Waals surface area contributed by atoms with Crippen LogP contribution in [0.5, 0.6) is 0 Å². The number of rotatable bonds is 8. The molecule has 0 aliphatic carbocycles. The summed E-state index contributed by atoms with van der Waals surface area (Å²) in [5, 5.41) is 34.7. The minimum atomic E-state index is -4.43. The molecule has 96 valence electrons. The van der Waals surface area contributed by atoms with E-state index in [1.165, 1.54) is 0 Å². The summed E-state index contributed by atoms with van der Waals surface area (Å²) in [6.45, 7) is 0. The first-order valence-corrected chi connectivity index (χ1v) is 15.5. The third-order valence-electron chi connectivity index (χ3n) is 2.10. The Morgan fingerprint density at radius 3 is 0.882 bits per heavy atom. The Balaban J connectivity index is 5.16. The maximum atomic E-state index is 10.6. The average molecular weight is 443 g/mol. The van der Waals surface area contributed by atoms with Crippen molar-refractivity contribution in [3.05, 3.63) is 0 Å². The van der Waals surface area contributed by atoms with Crippen molar-refractivity contribution in [2.24, 2.45) is 0 Å². The monoisotopic (exact) mass is 444 g/mol. The van der Waals surface area contributed by atoms with Crippen LogP contribution in [0.1, 0.15) is 0 Å². The molecular formula is C8H12O8Pb. The second-order valence-corrected chi connectivity index (χ2v) is 20.9. The van der Waals surface area contributed by atoms with Gasteiger partial charge in [0, 0.05) is 0 Å². The van der Waals surface area contributed by atoms with Crippen molar-refractivity contribution in [2.75, 3.05) is 0 Å². The van der Waals surface area contributed by atoms with E-state index in [-0.39, 0.29) is 0 Å². The number of carboxylic acids is 4. The molecule has 0 amide bonds. The molecule has 0 aliphatic heterocycles. The molecule has 0 aromatic heterocycles. The Hall–Kier alpha value is -1.20. The van der Waals surface area contributed by atoms with Crippen LogP contribution in [0.4, 0.5) is 0 Å². The Morgan fingerprint density at radius 2 is 0.765 bits per heavy atom. The summed E-state index contributed by atoms with van der Waals surface area (Å²) >= 11 is -4.43. The summed E-state index contributed by atoms with van der Waals surface area (Å²) in [7, 11) is 0. The molecule has 0 aliphatic rings. The van der Waals surface area contributed by atoms with Crippen LogP contribution in [-0.2, 0) is 19.2 Å². The van der Waals surface area contributed by atoms with Gasteiger partial charge >= 0.3 is 101 Å². The first-order valence-electron chi connectivity index (χ1n) is 4.54. The van der Waals surface area contributed by atoms with Gasteiger partial charge in [0.25, 0.3) is 0 Å². The van der Waals surface area contributed by atoms with Crippen molar-refractivity contribution in [2.45, 2.75) is 15.9 Å². The van der Waals surface area contributed by atoms with E-state index in [1.807, 2.05) is 0 Å². The van der Waals surface area contributed by atoms with Crippen molar-refractivity contribution in [1.82, 2.24) is 0 Å². The molecule has 4 N–H and O–H groups in total. The molecule has 0 saturated carbocycles. The zero-order valence-corrected chi connectivity index (χ0v) is 12.6. The van der Waals surface area contributed by atoms with Gasteiger partial charge in [-0.05, 0) is 0 Å². The van der Waals surface area contributed by atoms with Crippen molar-refractivity contribution in [3.63, 3.8) is 0 Å². The van der Waals surface area contributed by atoms with Gasteiger partial charge in [-0.15, -0.1) is 0 Å². The molecule has 0 heterocycles. The standard InChI is InChI=1S/4C2H3O2.Pb/c4*1-2(3)4;/h4*1H2,(H,3,4);. The number of hydrogen-bond acceptors (Lipinski definition) is 4. The topological polar surface area (TPSA) is 149 Å². The summed E-state index contributed by atoms with van der Waals surface area (Å²) in [4.78, 5) is 42.5. The van der Waals surface area contributed by atoms with Crippen molar-refractivity contribution < 1.29 is 39.6 Å². The number of aliphatic carboxylic acids is 4. The summed E-state index contributed by atoms with van der Waals surface area (Å²) < 4.78 is -2.40. The van der Waals surface area contributed by atoms with Gasteiger partial charge in [0.05, 0.1) is 0 Å². The van der Waals surface area contributed by atoms with E-state index in [9.17, 15) is 19.2 Å². The molecule has 9 heteroatoms. The molecular weight excluding hydrogens is 431 g/mol. The average Bonchev–Trinajstić information content (AvgIpc) is 1.95. The van der Waals surface area contributed by atoms with Gasteiger partial charge in [-0.3, -0.25) is 0 Å². The molecule has 0 fully saturated rings. The van der Waals surface area contributed by atoms with Crippen LogP contribution in [-0.4, -0.2) is 65.5 Å². The van der Waals surface area contributed by atoms with Crippen LogP contribution in [0.2, 0.25) is 15.9 Å². The van der Waals surface area contributed by atoms with E-state index in [0.29, 0.717) is 0 Å². The normalized spacial score (nSPS) is 10.8. The maximum absolute atomic E-state index is 10.6. The fourth-order valence-electron chi connectivity index (χ4n) is 1.66. The first-order chi connectivity index (χ1) is 7.67. The van der Waals surface area contributed by atoms with Gasteiger partial charge < -0.3 is 0 Å². The molecule has 0 rings (SSSR count). The van der Waals surface area contributed by atoms with Crippen LogP contribution in [0.15, 0.2) is 0 Å². The molecule has 8 nitrogen and oxygen atoms in total. The Kier molecular flexibility index (Phi) is 6.06. The van der Waals surface area contributed by atoms with Gasteiger partial charge in [-0.25, -0.2) is 0 Å². The van der Waals surface area contributed by atoms with Gasteiger partial charge in [0.1, 0.15) is 0 Å². The molecule has 0 atom stereocenters. The quantitative estimate of drug-likeness (QED) is 0.376. The van der Waals surface area contributed by atoms with E-state index in [0.717, 1.165) is 0 Å². The third kappa shape index (κ3) is 6.86. The molecule has 0 bridgehead atoms. The summed E-state index contributed by atoms with van der Waals surface area (Å²) in [6, 6.07) is 0. The molecule has 0 radical (unpaired) electrons. The summed E-state index contributed by atoms with van der Waals surface area (Å²) in [5.74, 6) is -5.35. The van der Waals surface area contributed by atoms with Crippen LogP contribution < -0.4 is 0 Å². The van der Waals surface area contributed by atoms with Crippen LogP contribution in [0.25, 0.3) is 0 Å². The number of carboxylic acid groups (broad SMARTS) is 4. The minimum absolute atomic E-state index is 0.599. The molecule has 0 aromatic carbocycles. The Morgan fingerprint density at radius 1 is 0.588 bits per heavy atom.